The fraction of sp³-hybridized carbons (Fsp3) is 0.818. The molecule has 2 atom stereocenters. The molecule has 1 saturated heterocycles. The largest absolute Gasteiger partial charge is 0.466 e. The summed E-state index contributed by atoms with van der Waals surface area (Å²) in [5, 5.41) is 3.24. The Morgan fingerprint density at radius 2 is 1.94 bits per heavy atom. The van der Waals surface area contributed by atoms with Crippen LogP contribution in [0.3, 0.4) is 0 Å². The van der Waals surface area contributed by atoms with Crippen LogP contribution in [0.1, 0.15) is 19.8 Å². The lowest BCUT2D eigenvalue weighted by Gasteiger charge is -2.36. The topological polar surface area (TPSA) is 55.4 Å². The van der Waals surface area contributed by atoms with Crippen LogP contribution >= 0.6 is 12.4 Å². The molecule has 2 aliphatic rings. The second kappa shape index (κ2) is 5.64. The maximum Gasteiger partial charge on any atom is 0.308 e. The average molecular weight is 248 g/mol. The molecule has 0 spiro atoms. The maximum absolute atomic E-state index is 11.7. The number of Topliss-reactive ketones (excluding diaryl/α,β-unsaturated/α-hetero) is 1. The van der Waals surface area contributed by atoms with Gasteiger partial charge in [0, 0.05) is 24.9 Å². The van der Waals surface area contributed by atoms with E-state index in [1.54, 1.807) is 0 Å². The first-order valence-corrected chi connectivity index (χ1v) is 5.63. The van der Waals surface area contributed by atoms with Crippen molar-refractivity contribution in [1.29, 1.82) is 0 Å². The Labute approximate surface area is 102 Å². The minimum atomic E-state index is -0.123. The third-order valence-corrected chi connectivity index (χ3v) is 3.34. The van der Waals surface area contributed by atoms with E-state index in [1.807, 2.05) is 6.92 Å². The van der Waals surface area contributed by atoms with E-state index in [0.29, 0.717) is 25.2 Å². The fourth-order valence-corrected chi connectivity index (χ4v) is 2.60. The molecule has 2 unspecified atom stereocenters. The van der Waals surface area contributed by atoms with Crippen molar-refractivity contribution in [3.8, 4) is 0 Å². The number of piperidine rings is 1. The smallest absolute Gasteiger partial charge is 0.308 e. The lowest BCUT2D eigenvalue weighted by Crippen LogP contribution is -2.50. The van der Waals surface area contributed by atoms with Crippen molar-refractivity contribution in [1.82, 2.24) is 5.32 Å². The van der Waals surface area contributed by atoms with Gasteiger partial charge in [-0.15, -0.1) is 12.4 Å². The lowest BCUT2D eigenvalue weighted by molar-refractivity contribution is -0.152. The van der Waals surface area contributed by atoms with E-state index >= 15 is 0 Å². The quantitative estimate of drug-likeness (QED) is 0.733. The highest BCUT2D eigenvalue weighted by molar-refractivity contribution is 5.87. The molecule has 0 aromatic rings. The van der Waals surface area contributed by atoms with Crippen LogP contribution in [0.4, 0.5) is 0 Å². The molecule has 16 heavy (non-hydrogen) atoms. The molecule has 0 aromatic heterocycles. The number of hydrogen-bond donors (Lipinski definition) is 1. The van der Waals surface area contributed by atoms with Crippen molar-refractivity contribution >= 4 is 24.2 Å². The zero-order chi connectivity index (χ0) is 10.8. The predicted molar refractivity (Wildman–Crippen MR) is 61.5 cm³/mol. The normalized spacial score (nSPS) is 32.8. The number of fused-ring (bicyclic) bond motifs is 2. The summed E-state index contributed by atoms with van der Waals surface area (Å²) >= 11 is 0. The summed E-state index contributed by atoms with van der Waals surface area (Å²) in [7, 11) is 0. The number of carbonyl (C=O) groups excluding carboxylic acids is 2. The molecule has 4 nitrogen and oxygen atoms in total. The minimum absolute atomic E-state index is 0. The van der Waals surface area contributed by atoms with Crippen LogP contribution in [0, 0.1) is 17.8 Å². The summed E-state index contributed by atoms with van der Waals surface area (Å²) in [5.41, 5.74) is 0. The van der Waals surface area contributed by atoms with Crippen LogP contribution in [0.2, 0.25) is 0 Å². The van der Waals surface area contributed by atoms with E-state index in [0.717, 1.165) is 13.1 Å². The van der Waals surface area contributed by atoms with Gasteiger partial charge in [-0.25, -0.2) is 0 Å². The van der Waals surface area contributed by atoms with Crippen LogP contribution in [0.25, 0.3) is 0 Å². The second-order valence-corrected chi connectivity index (χ2v) is 4.37. The van der Waals surface area contributed by atoms with Gasteiger partial charge in [-0.05, 0) is 19.8 Å². The van der Waals surface area contributed by atoms with E-state index in [4.69, 9.17) is 4.74 Å². The van der Waals surface area contributed by atoms with E-state index in [2.05, 4.69) is 5.32 Å². The standard InChI is InChI=1S/C11H17NO3.ClH/c1-2-15-11(14)7-3-8-5-12-6-9(4-7)10(8)13;/h7-9,12H,2-6H2,1H3;1H. The summed E-state index contributed by atoms with van der Waals surface area (Å²) in [6, 6.07) is 0. The number of halogens is 1. The minimum Gasteiger partial charge on any atom is -0.466 e. The first-order valence-electron chi connectivity index (χ1n) is 5.63. The van der Waals surface area contributed by atoms with Crippen LogP contribution in [-0.4, -0.2) is 31.4 Å². The maximum atomic E-state index is 11.7. The first-order chi connectivity index (χ1) is 7.22. The van der Waals surface area contributed by atoms with Crippen molar-refractivity contribution in [2.75, 3.05) is 19.7 Å². The second-order valence-electron chi connectivity index (χ2n) is 4.37. The molecule has 1 saturated carbocycles. The number of nitrogens with one attached hydrogen (secondary N) is 1. The highest BCUT2D eigenvalue weighted by Crippen LogP contribution is 2.33. The van der Waals surface area contributed by atoms with Gasteiger partial charge in [-0.1, -0.05) is 0 Å². The van der Waals surface area contributed by atoms with Gasteiger partial charge in [0.15, 0.2) is 0 Å². The van der Waals surface area contributed by atoms with Gasteiger partial charge in [0.2, 0.25) is 0 Å². The van der Waals surface area contributed by atoms with E-state index in [-0.39, 0.29) is 36.1 Å². The van der Waals surface area contributed by atoms with E-state index in [9.17, 15) is 9.59 Å². The van der Waals surface area contributed by atoms with Crippen LogP contribution in [0.15, 0.2) is 0 Å². The number of ether oxygens (including phenoxy) is 1. The van der Waals surface area contributed by atoms with Crippen molar-refractivity contribution in [2.24, 2.45) is 17.8 Å². The van der Waals surface area contributed by atoms with Gasteiger partial charge in [-0.3, -0.25) is 9.59 Å². The van der Waals surface area contributed by atoms with Gasteiger partial charge < -0.3 is 10.1 Å². The Morgan fingerprint density at radius 1 is 1.38 bits per heavy atom. The van der Waals surface area contributed by atoms with Crippen molar-refractivity contribution in [3.05, 3.63) is 0 Å². The van der Waals surface area contributed by atoms with Gasteiger partial charge in [0.05, 0.1) is 12.5 Å². The number of carbonyl (C=O) groups is 2. The molecule has 92 valence electrons. The lowest BCUT2D eigenvalue weighted by atomic mass is 9.72. The van der Waals surface area contributed by atoms with Crippen molar-refractivity contribution in [3.63, 3.8) is 0 Å². The summed E-state index contributed by atoms with van der Waals surface area (Å²) in [4.78, 5) is 23.3. The molecule has 1 N–H and O–H groups in total. The molecule has 5 heteroatoms. The Kier molecular flexibility index (Phi) is 4.74. The van der Waals surface area contributed by atoms with Crippen LogP contribution in [-0.2, 0) is 14.3 Å². The number of hydrogen-bond acceptors (Lipinski definition) is 4. The zero-order valence-corrected chi connectivity index (χ0v) is 10.2. The van der Waals surface area contributed by atoms with E-state index < -0.39 is 0 Å². The van der Waals surface area contributed by atoms with Gasteiger partial charge in [0.1, 0.15) is 5.78 Å². The summed E-state index contributed by atoms with van der Waals surface area (Å²) in [6.45, 7) is 3.70. The predicted octanol–water partition coefficient (Wildman–Crippen LogP) is 0.786. The monoisotopic (exact) mass is 247 g/mol. The Balaban J connectivity index is 0.00000128. The Bertz CT molecular complexity index is 266. The van der Waals surface area contributed by atoms with Gasteiger partial charge in [0.25, 0.3) is 0 Å². The third kappa shape index (κ3) is 2.55. The number of rotatable bonds is 2. The molecular formula is C11H18ClNO3. The van der Waals surface area contributed by atoms with E-state index in [1.165, 1.54) is 0 Å². The SMILES string of the molecule is CCOC(=O)C1CC2CNCC(C1)C2=O.Cl. The molecule has 0 radical (unpaired) electrons. The van der Waals surface area contributed by atoms with Crippen LogP contribution < -0.4 is 5.32 Å². The highest BCUT2D eigenvalue weighted by atomic mass is 35.5. The average Bonchev–Trinajstić information content (AvgIpc) is 2.17. The molecule has 1 aliphatic carbocycles. The Morgan fingerprint density at radius 3 is 2.44 bits per heavy atom. The summed E-state index contributed by atoms with van der Waals surface area (Å²) in [6.07, 6.45) is 1.34. The molecule has 0 amide bonds. The Hall–Kier alpha value is -0.610. The van der Waals surface area contributed by atoms with Crippen molar-refractivity contribution in [2.45, 2.75) is 19.8 Å². The molecule has 2 rings (SSSR count). The van der Waals surface area contributed by atoms with Gasteiger partial charge >= 0.3 is 5.97 Å². The van der Waals surface area contributed by atoms with Crippen molar-refractivity contribution < 1.29 is 14.3 Å². The van der Waals surface area contributed by atoms with Crippen LogP contribution in [0.5, 0.6) is 0 Å². The number of esters is 1. The number of ketones is 1. The molecule has 1 heterocycles. The molecule has 2 bridgehead atoms. The molecular weight excluding hydrogens is 230 g/mol. The fourth-order valence-electron chi connectivity index (χ4n) is 2.60. The molecule has 2 fully saturated rings. The van der Waals surface area contributed by atoms with Gasteiger partial charge in [-0.2, -0.15) is 0 Å². The summed E-state index contributed by atoms with van der Waals surface area (Å²) < 4.78 is 5.01. The summed E-state index contributed by atoms with van der Waals surface area (Å²) in [5.74, 6) is 0.231. The molecule has 0 aromatic carbocycles. The first kappa shape index (κ1) is 13.5. The molecule has 1 aliphatic heterocycles. The zero-order valence-electron chi connectivity index (χ0n) is 9.40. The highest BCUT2D eigenvalue weighted by Gasteiger charge is 2.41. The third-order valence-electron chi connectivity index (χ3n) is 3.34.